The summed E-state index contributed by atoms with van der Waals surface area (Å²) in [4.78, 5) is 25.8. The second kappa shape index (κ2) is 7.86. The predicted octanol–water partition coefficient (Wildman–Crippen LogP) is 2.84. The Hall–Kier alpha value is -2.42. The number of halogens is 2. The average Bonchev–Trinajstić information content (AvgIpc) is 3.12. The maximum Gasteiger partial charge on any atom is 0.288 e. The van der Waals surface area contributed by atoms with Crippen molar-refractivity contribution in [3.05, 3.63) is 47.3 Å². The number of nitrogens with zero attached hydrogens (tertiary/aromatic N) is 2. The third-order valence-corrected chi connectivity index (χ3v) is 5.19. The van der Waals surface area contributed by atoms with E-state index in [2.05, 4.69) is 10.2 Å². The zero-order chi connectivity index (χ0) is 18.7. The van der Waals surface area contributed by atoms with Gasteiger partial charge in [-0.2, -0.15) is 13.9 Å². The zero-order valence-electron chi connectivity index (χ0n) is 13.8. The Morgan fingerprint density at radius 1 is 1.27 bits per heavy atom. The Morgan fingerprint density at radius 3 is 2.58 bits per heavy atom. The molecule has 1 fully saturated rings. The molecule has 0 radical (unpaired) electrons. The van der Waals surface area contributed by atoms with E-state index in [1.807, 2.05) is 0 Å². The fourth-order valence-electron chi connectivity index (χ4n) is 3.08. The topological polar surface area (TPSA) is 92.1 Å². The summed E-state index contributed by atoms with van der Waals surface area (Å²) in [5, 5.41) is 6.70. The molecule has 2 heterocycles. The number of benzene rings is 1. The quantitative estimate of drug-likeness (QED) is 0.780. The molecule has 0 bridgehead atoms. The van der Waals surface area contributed by atoms with E-state index in [9.17, 15) is 18.4 Å². The number of primary amides is 1. The minimum Gasteiger partial charge on any atom is -0.364 e. The average molecular weight is 380 g/mol. The normalized spacial score (nSPS) is 15.4. The van der Waals surface area contributed by atoms with E-state index < -0.39 is 11.7 Å². The first-order chi connectivity index (χ1) is 12.5. The summed E-state index contributed by atoms with van der Waals surface area (Å²) >= 11 is 0.382. The van der Waals surface area contributed by atoms with E-state index in [4.69, 9.17) is 5.73 Å². The maximum atomic E-state index is 12.7. The summed E-state index contributed by atoms with van der Waals surface area (Å²) < 4.78 is 25.4. The first-order valence-electron chi connectivity index (χ1n) is 8.14. The van der Waals surface area contributed by atoms with Crippen LogP contribution in [0.1, 0.15) is 45.3 Å². The molecule has 26 heavy (non-hydrogen) atoms. The molecule has 0 aliphatic carbocycles. The highest BCUT2D eigenvalue weighted by molar-refractivity contribution is 7.99. The summed E-state index contributed by atoms with van der Waals surface area (Å²) in [5.41, 5.74) is 6.51. The number of H-pyrrole nitrogens is 1. The van der Waals surface area contributed by atoms with Crippen molar-refractivity contribution in [1.82, 2.24) is 15.1 Å². The Morgan fingerprint density at radius 2 is 1.96 bits per heavy atom. The number of likely N-dealkylation sites (tertiary alicyclic amines) is 1. The molecule has 1 aliphatic rings. The summed E-state index contributed by atoms with van der Waals surface area (Å²) in [7, 11) is 0. The number of carbonyl (C=O) groups excluding carboxylic acids is 2. The first kappa shape index (κ1) is 18.4. The molecule has 0 unspecified atom stereocenters. The van der Waals surface area contributed by atoms with Crippen LogP contribution in [0, 0.1) is 0 Å². The fourth-order valence-corrected chi connectivity index (χ4v) is 3.71. The lowest BCUT2D eigenvalue weighted by Crippen LogP contribution is -2.38. The van der Waals surface area contributed by atoms with Gasteiger partial charge < -0.3 is 10.6 Å². The molecular weight excluding hydrogens is 362 g/mol. The van der Waals surface area contributed by atoms with Gasteiger partial charge in [0, 0.05) is 29.6 Å². The number of thioether (sulfide) groups is 1. The molecule has 2 amide bonds. The highest BCUT2D eigenvalue weighted by atomic mass is 32.2. The second-order valence-electron chi connectivity index (χ2n) is 6.01. The molecule has 6 nitrogen and oxygen atoms in total. The van der Waals surface area contributed by atoms with E-state index in [0.717, 1.165) is 5.69 Å². The summed E-state index contributed by atoms with van der Waals surface area (Å²) in [6.07, 6.45) is 1.38. The Bertz CT molecular complexity index is 804. The van der Waals surface area contributed by atoms with Gasteiger partial charge in [-0.25, -0.2) is 0 Å². The Balaban J connectivity index is 1.66. The maximum absolute atomic E-state index is 12.7. The van der Waals surface area contributed by atoms with Crippen molar-refractivity contribution in [3.8, 4) is 0 Å². The van der Waals surface area contributed by atoms with Gasteiger partial charge in [0.1, 0.15) is 5.69 Å². The molecular formula is C17H18F2N4O2S. The first-order valence-corrected chi connectivity index (χ1v) is 9.02. The molecule has 1 aliphatic heterocycles. The van der Waals surface area contributed by atoms with E-state index >= 15 is 0 Å². The lowest BCUT2D eigenvalue weighted by atomic mass is 9.93. The fraction of sp³-hybridized carbons (Fsp3) is 0.353. The number of rotatable bonds is 5. The standard InChI is InChI=1S/C17H18F2N4O2S/c18-17(19)26-14-4-2-1-3-11(14)16(25)23-7-5-10(6-8-23)12-9-13(15(20)24)22-21-12/h1-4,9-10,17H,5-8H2,(H2,20,24)(H,21,22). The van der Waals surface area contributed by atoms with Crippen molar-refractivity contribution in [2.75, 3.05) is 13.1 Å². The monoisotopic (exact) mass is 380 g/mol. The van der Waals surface area contributed by atoms with Gasteiger partial charge in [0.05, 0.1) is 5.56 Å². The highest BCUT2D eigenvalue weighted by Gasteiger charge is 2.27. The number of nitrogens with two attached hydrogens (primary N) is 1. The van der Waals surface area contributed by atoms with Crippen LogP contribution in [-0.2, 0) is 0 Å². The van der Waals surface area contributed by atoms with Gasteiger partial charge in [-0.05, 0) is 31.0 Å². The number of alkyl halides is 2. The van der Waals surface area contributed by atoms with Crippen LogP contribution in [0.15, 0.2) is 35.2 Å². The van der Waals surface area contributed by atoms with Crippen molar-refractivity contribution in [1.29, 1.82) is 0 Å². The van der Waals surface area contributed by atoms with Crippen molar-refractivity contribution in [2.24, 2.45) is 5.73 Å². The number of amides is 2. The molecule has 9 heteroatoms. The molecule has 1 saturated heterocycles. The molecule has 1 aromatic heterocycles. The number of carbonyl (C=O) groups is 2. The highest BCUT2D eigenvalue weighted by Crippen LogP contribution is 2.31. The third kappa shape index (κ3) is 4.04. The van der Waals surface area contributed by atoms with E-state index in [1.54, 1.807) is 29.2 Å². The predicted molar refractivity (Wildman–Crippen MR) is 93.3 cm³/mol. The van der Waals surface area contributed by atoms with Crippen LogP contribution < -0.4 is 5.73 Å². The number of piperidine rings is 1. The Kier molecular flexibility index (Phi) is 5.55. The number of nitrogens with one attached hydrogen (secondary N) is 1. The van der Waals surface area contributed by atoms with Crippen LogP contribution in [0.25, 0.3) is 0 Å². The van der Waals surface area contributed by atoms with E-state index in [0.29, 0.717) is 43.3 Å². The summed E-state index contributed by atoms with van der Waals surface area (Å²) in [5.74, 6) is -3.26. The number of aromatic nitrogens is 2. The summed E-state index contributed by atoms with van der Waals surface area (Å²) in [6.45, 7) is 1.00. The van der Waals surface area contributed by atoms with Crippen LogP contribution in [0.3, 0.4) is 0 Å². The van der Waals surface area contributed by atoms with Crippen molar-refractivity contribution in [3.63, 3.8) is 0 Å². The lowest BCUT2D eigenvalue weighted by Gasteiger charge is -2.32. The SMILES string of the molecule is NC(=O)c1cc(C2CCN(C(=O)c3ccccc3SC(F)F)CC2)[nH]n1. The summed E-state index contributed by atoms with van der Waals surface area (Å²) in [6, 6.07) is 8.06. The molecule has 0 saturated carbocycles. The molecule has 2 aromatic rings. The van der Waals surface area contributed by atoms with Crippen molar-refractivity contribution < 1.29 is 18.4 Å². The van der Waals surface area contributed by atoms with E-state index in [-0.39, 0.29) is 22.4 Å². The van der Waals surface area contributed by atoms with E-state index in [1.165, 1.54) is 6.07 Å². The Labute approximate surface area is 153 Å². The molecule has 1 aromatic carbocycles. The van der Waals surface area contributed by atoms with Crippen LogP contribution in [0.5, 0.6) is 0 Å². The van der Waals surface area contributed by atoms with Crippen LogP contribution >= 0.6 is 11.8 Å². The van der Waals surface area contributed by atoms with Gasteiger partial charge in [-0.3, -0.25) is 14.7 Å². The van der Waals surface area contributed by atoms with Gasteiger partial charge in [0.15, 0.2) is 0 Å². The third-order valence-electron chi connectivity index (χ3n) is 4.41. The van der Waals surface area contributed by atoms with Gasteiger partial charge in [-0.1, -0.05) is 23.9 Å². The molecule has 3 N–H and O–H groups in total. The number of aromatic amines is 1. The number of hydrogen-bond donors (Lipinski definition) is 2. The van der Waals surface area contributed by atoms with Gasteiger partial charge >= 0.3 is 0 Å². The molecule has 0 atom stereocenters. The van der Waals surface area contributed by atoms with Gasteiger partial charge in [0.25, 0.3) is 17.6 Å². The largest absolute Gasteiger partial charge is 0.364 e. The minimum absolute atomic E-state index is 0.144. The molecule has 0 spiro atoms. The van der Waals surface area contributed by atoms with Crippen LogP contribution in [-0.4, -0.2) is 45.8 Å². The van der Waals surface area contributed by atoms with Gasteiger partial charge in [0.2, 0.25) is 0 Å². The van der Waals surface area contributed by atoms with Crippen LogP contribution in [0.2, 0.25) is 0 Å². The van der Waals surface area contributed by atoms with Crippen molar-refractivity contribution >= 4 is 23.6 Å². The minimum atomic E-state index is -2.57. The molecule has 138 valence electrons. The molecule has 3 rings (SSSR count). The second-order valence-corrected chi connectivity index (χ2v) is 7.05. The smallest absolute Gasteiger partial charge is 0.288 e. The number of hydrogen-bond acceptors (Lipinski definition) is 4. The van der Waals surface area contributed by atoms with Crippen molar-refractivity contribution in [2.45, 2.75) is 29.4 Å². The van der Waals surface area contributed by atoms with Crippen LogP contribution in [0.4, 0.5) is 8.78 Å². The zero-order valence-corrected chi connectivity index (χ0v) is 14.6. The lowest BCUT2D eigenvalue weighted by molar-refractivity contribution is 0.0708. The van der Waals surface area contributed by atoms with Gasteiger partial charge in [-0.15, -0.1) is 0 Å².